The monoisotopic (exact) mass is 467 g/mol. The summed E-state index contributed by atoms with van der Waals surface area (Å²) in [7, 11) is 0. The van der Waals surface area contributed by atoms with E-state index in [9.17, 15) is 29.3 Å². The number of nitro benzene ring substituents is 1. The van der Waals surface area contributed by atoms with E-state index in [1.807, 2.05) is 6.92 Å². The van der Waals surface area contributed by atoms with Gasteiger partial charge < -0.3 is 9.64 Å². The summed E-state index contributed by atoms with van der Waals surface area (Å²) in [5.41, 5.74) is -0.730. The first-order valence-electron chi connectivity index (χ1n) is 10.7. The van der Waals surface area contributed by atoms with Gasteiger partial charge in [-0.15, -0.1) is 0 Å². The minimum absolute atomic E-state index is 0.0557. The highest BCUT2D eigenvalue weighted by Crippen LogP contribution is 2.33. The number of benzene rings is 2. The molecule has 1 aliphatic heterocycles. The topological polar surface area (TPSA) is 127 Å². The Morgan fingerprint density at radius 1 is 1.18 bits per heavy atom. The smallest absolute Gasteiger partial charge is 0.308 e. The lowest BCUT2D eigenvalue weighted by atomic mass is 9.94. The van der Waals surface area contributed by atoms with E-state index in [-0.39, 0.29) is 29.1 Å². The zero-order valence-corrected chi connectivity index (χ0v) is 19.3. The van der Waals surface area contributed by atoms with Gasteiger partial charge in [-0.3, -0.25) is 29.3 Å². The molecule has 178 valence electrons. The maximum Gasteiger partial charge on any atom is 0.308 e. The first kappa shape index (κ1) is 24.6. The van der Waals surface area contributed by atoms with Gasteiger partial charge in [-0.1, -0.05) is 13.0 Å². The lowest BCUT2D eigenvalue weighted by Crippen LogP contribution is -2.55. The van der Waals surface area contributed by atoms with Crippen LogP contribution in [0.2, 0.25) is 0 Å². The molecule has 10 nitrogen and oxygen atoms in total. The normalized spacial score (nSPS) is 15.9. The van der Waals surface area contributed by atoms with Crippen molar-refractivity contribution in [2.24, 2.45) is 0 Å². The molecule has 0 spiro atoms. The van der Waals surface area contributed by atoms with Crippen LogP contribution < -0.4 is 9.64 Å². The van der Waals surface area contributed by atoms with Gasteiger partial charge in [0.15, 0.2) is 0 Å². The maximum atomic E-state index is 13.5. The van der Waals surface area contributed by atoms with E-state index in [0.717, 1.165) is 11.0 Å². The van der Waals surface area contributed by atoms with Gasteiger partial charge in [-0.25, -0.2) is 4.90 Å². The summed E-state index contributed by atoms with van der Waals surface area (Å²) in [6.45, 7) is 6.65. The average molecular weight is 467 g/mol. The van der Waals surface area contributed by atoms with E-state index < -0.39 is 40.2 Å². The van der Waals surface area contributed by atoms with Crippen LogP contribution in [0.3, 0.4) is 0 Å². The Balaban J connectivity index is 1.97. The van der Waals surface area contributed by atoms with Gasteiger partial charge in [0.2, 0.25) is 5.91 Å². The Morgan fingerprint density at radius 2 is 1.82 bits per heavy atom. The number of nitrogens with zero attached hydrogens (tertiary/aromatic N) is 3. The zero-order chi connectivity index (χ0) is 25.2. The molecule has 10 heteroatoms. The van der Waals surface area contributed by atoms with Crippen LogP contribution in [-0.4, -0.2) is 45.1 Å². The fourth-order valence-electron chi connectivity index (χ4n) is 3.82. The number of non-ortho nitro benzene ring substituents is 1. The molecule has 0 aromatic heterocycles. The number of rotatable bonds is 7. The number of carbonyl (C=O) groups is 4. The number of hydrogen-bond donors (Lipinski definition) is 0. The van der Waals surface area contributed by atoms with E-state index in [1.54, 1.807) is 13.8 Å². The van der Waals surface area contributed by atoms with E-state index in [0.29, 0.717) is 6.42 Å². The van der Waals surface area contributed by atoms with Gasteiger partial charge in [-0.05, 0) is 50.6 Å². The summed E-state index contributed by atoms with van der Waals surface area (Å²) >= 11 is 0. The Bertz CT molecular complexity index is 1160. The molecule has 3 amide bonds. The second-order valence-corrected chi connectivity index (χ2v) is 8.52. The van der Waals surface area contributed by atoms with Crippen LogP contribution in [0.5, 0.6) is 5.75 Å². The van der Waals surface area contributed by atoms with Gasteiger partial charge in [0, 0.05) is 30.2 Å². The molecule has 34 heavy (non-hydrogen) atoms. The molecule has 2 aromatic carbocycles. The molecular formula is C24H25N3O7. The fourth-order valence-corrected chi connectivity index (χ4v) is 3.82. The molecule has 1 atom stereocenters. The highest BCUT2D eigenvalue weighted by molar-refractivity contribution is 6.23. The largest absolute Gasteiger partial charge is 0.427 e. The van der Waals surface area contributed by atoms with Crippen LogP contribution >= 0.6 is 0 Å². The minimum atomic E-state index is -1.08. The zero-order valence-electron chi connectivity index (χ0n) is 19.3. The van der Waals surface area contributed by atoms with Crippen LogP contribution in [-0.2, 0) is 14.4 Å². The highest BCUT2D eigenvalue weighted by atomic mass is 16.6. The number of ether oxygens (including phenoxy) is 1. The van der Waals surface area contributed by atoms with Gasteiger partial charge in [0.05, 0.1) is 17.0 Å². The average Bonchev–Trinajstić information content (AvgIpc) is 3.07. The molecule has 3 rings (SSSR count). The van der Waals surface area contributed by atoms with Gasteiger partial charge in [0.25, 0.3) is 17.5 Å². The predicted molar refractivity (Wildman–Crippen MR) is 122 cm³/mol. The highest BCUT2D eigenvalue weighted by Gasteiger charge is 2.48. The van der Waals surface area contributed by atoms with Crippen LogP contribution in [0.15, 0.2) is 48.5 Å². The van der Waals surface area contributed by atoms with Crippen molar-refractivity contribution in [3.63, 3.8) is 0 Å². The summed E-state index contributed by atoms with van der Waals surface area (Å²) in [5.74, 6) is -1.88. The van der Waals surface area contributed by atoms with Crippen molar-refractivity contribution >= 4 is 35.1 Å². The standard InChI is InChI=1S/C24H25N3O7/c1-5-24(3,4)26(22(30)16-7-6-8-18(13-16)27(32)33)20-14-21(29)25(23(20)31)17-9-11-19(12-10-17)34-15(2)28/h6-13,20H,5,14H2,1-4H3. The van der Waals surface area contributed by atoms with Crippen LogP contribution in [0.1, 0.15) is 50.9 Å². The third kappa shape index (κ3) is 4.80. The Kier molecular flexibility index (Phi) is 6.80. The summed E-state index contributed by atoms with van der Waals surface area (Å²) < 4.78 is 4.98. The van der Waals surface area contributed by atoms with E-state index in [2.05, 4.69) is 0 Å². The maximum absolute atomic E-state index is 13.5. The SMILES string of the molecule is CCC(C)(C)N(C(=O)c1cccc([N+](=O)[O-])c1)C1CC(=O)N(c2ccc(OC(C)=O)cc2)C1=O. The van der Waals surface area contributed by atoms with Crippen molar-refractivity contribution in [3.05, 3.63) is 64.2 Å². The molecule has 1 aliphatic rings. The predicted octanol–water partition coefficient (Wildman–Crippen LogP) is 3.48. The summed E-state index contributed by atoms with van der Waals surface area (Å²) in [4.78, 5) is 63.9. The van der Waals surface area contributed by atoms with Crippen molar-refractivity contribution in [2.75, 3.05) is 4.90 Å². The number of anilines is 1. The first-order chi connectivity index (χ1) is 16.0. The number of amides is 3. The van der Waals surface area contributed by atoms with Crippen molar-refractivity contribution in [1.29, 1.82) is 0 Å². The molecule has 0 saturated carbocycles. The fraction of sp³-hybridized carbons (Fsp3) is 0.333. The molecule has 0 N–H and O–H groups in total. The molecule has 0 radical (unpaired) electrons. The third-order valence-corrected chi connectivity index (χ3v) is 5.83. The van der Waals surface area contributed by atoms with E-state index in [1.165, 1.54) is 54.3 Å². The number of carbonyl (C=O) groups excluding carboxylic acids is 4. The van der Waals surface area contributed by atoms with Crippen LogP contribution in [0, 0.1) is 10.1 Å². The van der Waals surface area contributed by atoms with E-state index in [4.69, 9.17) is 4.74 Å². The molecule has 1 fully saturated rings. The summed E-state index contributed by atoms with van der Waals surface area (Å²) in [5, 5.41) is 11.2. The Labute approximate surface area is 196 Å². The second-order valence-electron chi connectivity index (χ2n) is 8.52. The van der Waals surface area contributed by atoms with Crippen molar-refractivity contribution in [3.8, 4) is 5.75 Å². The first-order valence-corrected chi connectivity index (χ1v) is 10.7. The Hall–Kier alpha value is -4.08. The molecule has 2 aromatic rings. The second kappa shape index (κ2) is 9.42. The number of imide groups is 1. The van der Waals surface area contributed by atoms with Gasteiger partial charge >= 0.3 is 5.97 Å². The lowest BCUT2D eigenvalue weighted by molar-refractivity contribution is -0.384. The van der Waals surface area contributed by atoms with Crippen molar-refractivity contribution in [2.45, 2.75) is 52.1 Å². The molecule has 0 bridgehead atoms. The lowest BCUT2D eigenvalue weighted by Gasteiger charge is -2.41. The number of esters is 1. The Morgan fingerprint density at radius 3 is 2.38 bits per heavy atom. The molecule has 1 heterocycles. The number of nitro groups is 1. The molecule has 1 saturated heterocycles. The molecule has 0 aliphatic carbocycles. The third-order valence-electron chi connectivity index (χ3n) is 5.83. The van der Waals surface area contributed by atoms with Crippen LogP contribution in [0.4, 0.5) is 11.4 Å². The molecule has 1 unspecified atom stereocenters. The molecular weight excluding hydrogens is 442 g/mol. The van der Waals surface area contributed by atoms with Crippen molar-refractivity contribution in [1.82, 2.24) is 4.90 Å². The summed E-state index contributed by atoms with van der Waals surface area (Å²) in [6.07, 6.45) is 0.247. The quantitative estimate of drug-likeness (QED) is 0.200. The van der Waals surface area contributed by atoms with Gasteiger partial charge in [0.1, 0.15) is 11.8 Å². The van der Waals surface area contributed by atoms with Crippen LogP contribution in [0.25, 0.3) is 0 Å². The van der Waals surface area contributed by atoms with E-state index >= 15 is 0 Å². The van der Waals surface area contributed by atoms with Gasteiger partial charge in [-0.2, -0.15) is 0 Å². The summed E-state index contributed by atoms with van der Waals surface area (Å²) in [6, 6.07) is 10.1. The minimum Gasteiger partial charge on any atom is -0.427 e. The van der Waals surface area contributed by atoms with Crippen molar-refractivity contribution < 1.29 is 28.8 Å². The number of hydrogen-bond acceptors (Lipinski definition) is 7.